The summed E-state index contributed by atoms with van der Waals surface area (Å²) in [5.74, 6) is 4.41. The van der Waals surface area contributed by atoms with Crippen molar-refractivity contribution < 1.29 is 4.42 Å². The fourth-order valence-corrected chi connectivity index (χ4v) is 2.38. The highest BCUT2D eigenvalue weighted by Crippen LogP contribution is 2.25. The summed E-state index contributed by atoms with van der Waals surface area (Å²) in [6.07, 6.45) is 0.812. The first-order chi connectivity index (χ1) is 10.0. The Balaban J connectivity index is 2.21. The third-order valence-corrected chi connectivity index (χ3v) is 3.36. The number of rotatable bonds is 6. The van der Waals surface area contributed by atoms with Crippen LogP contribution < -0.4 is 10.6 Å². The molecule has 0 saturated heterocycles. The largest absolute Gasteiger partial charge is 0.466 e. The SMILES string of the molecule is CCNc1cc(NC(C)c2cc(C)oc2C)nc(CC)n1. The van der Waals surface area contributed by atoms with Crippen molar-refractivity contribution in [2.24, 2.45) is 0 Å². The van der Waals surface area contributed by atoms with Crippen molar-refractivity contribution in [2.45, 2.75) is 47.1 Å². The molecule has 0 aliphatic carbocycles. The molecule has 21 heavy (non-hydrogen) atoms. The Hall–Kier alpha value is -2.04. The van der Waals surface area contributed by atoms with E-state index in [4.69, 9.17) is 4.42 Å². The highest BCUT2D eigenvalue weighted by molar-refractivity contribution is 5.49. The molecule has 1 atom stereocenters. The minimum atomic E-state index is 0.136. The van der Waals surface area contributed by atoms with Crippen LogP contribution in [0.3, 0.4) is 0 Å². The lowest BCUT2D eigenvalue weighted by atomic mass is 10.1. The van der Waals surface area contributed by atoms with E-state index < -0.39 is 0 Å². The molecule has 114 valence electrons. The van der Waals surface area contributed by atoms with E-state index in [1.807, 2.05) is 19.9 Å². The summed E-state index contributed by atoms with van der Waals surface area (Å²) in [5, 5.41) is 6.68. The molecular formula is C16H24N4O. The summed E-state index contributed by atoms with van der Waals surface area (Å²) >= 11 is 0. The molecule has 2 heterocycles. The van der Waals surface area contributed by atoms with Gasteiger partial charge in [-0.3, -0.25) is 0 Å². The summed E-state index contributed by atoms with van der Waals surface area (Å²) in [6.45, 7) is 11.0. The Morgan fingerprint density at radius 2 is 1.86 bits per heavy atom. The molecule has 2 N–H and O–H groups in total. The van der Waals surface area contributed by atoms with Gasteiger partial charge in [0.1, 0.15) is 29.0 Å². The molecule has 0 fully saturated rings. The molecule has 0 saturated carbocycles. The third-order valence-electron chi connectivity index (χ3n) is 3.36. The smallest absolute Gasteiger partial charge is 0.132 e. The van der Waals surface area contributed by atoms with Gasteiger partial charge in [-0.2, -0.15) is 0 Å². The predicted molar refractivity (Wildman–Crippen MR) is 85.8 cm³/mol. The molecule has 0 aliphatic heterocycles. The molecule has 5 nitrogen and oxygen atoms in total. The molecule has 0 radical (unpaired) electrons. The van der Waals surface area contributed by atoms with Crippen molar-refractivity contribution in [1.29, 1.82) is 0 Å². The fraction of sp³-hybridized carbons (Fsp3) is 0.500. The molecule has 0 spiro atoms. The Bertz CT molecular complexity index is 606. The van der Waals surface area contributed by atoms with E-state index in [0.29, 0.717) is 0 Å². The lowest BCUT2D eigenvalue weighted by molar-refractivity contribution is 0.499. The number of furan rings is 1. The van der Waals surface area contributed by atoms with Crippen molar-refractivity contribution in [3.63, 3.8) is 0 Å². The van der Waals surface area contributed by atoms with Gasteiger partial charge in [-0.1, -0.05) is 6.92 Å². The van der Waals surface area contributed by atoms with Gasteiger partial charge >= 0.3 is 0 Å². The van der Waals surface area contributed by atoms with Gasteiger partial charge in [0.15, 0.2) is 0 Å². The summed E-state index contributed by atoms with van der Waals surface area (Å²) in [4.78, 5) is 9.01. The van der Waals surface area contributed by atoms with Gasteiger partial charge in [0, 0.05) is 24.6 Å². The average Bonchev–Trinajstić information content (AvgIpc) is 2.78. The van der Waals surface area contributed by atoms with E-state index in [-0.39, 0.29) is 6.04 Å². The molecule has 2 aromatic rings. The number of aryl methyl sites for hydroxylation is 3. The average molecular weight is 288 g/mol. The van der Waals surface area contributed by atoms with Crippen molar-refractivity contribution >= 4 is 11.6 Å². The number of nitrogens with one attached hydrogen (secondary N) is 2. The zero-order chi connectivity index (χ0) is 15.4. The van der Waals surface area contributed by atoms with Crippen LogP contribution in [0.25, 0.3) is 0 Å². The second-order valence-electron chi connectivity index (χ2n) is 5.17. The number of hydrogen-bond acceptors (Lipinski definition) is 5. The van der Waals surface area contributed by atoms with Gasteiger partial charge in [-0.25, -0.2) is 9.97 Å². The predicted octanol–water partition coefficient (Wildman–Crippen LogP) is 3.85. The molecule has 0 bridgehead atoms. The molecule has 0 aromatic carbocycles. The lowest BCUT2D eigenvalue weighted by Crippen LogP contribution is -2.11. The van der Waals surface area contributed by atoms with E-state index in [2.05, 4.69) is 47.4 Å². The maximum absolute atomic E-state index is 5.60. The van der Waals surface area contributed by atoms with Gasteiger partial charge in [0.2, 0.25) is 0 Å². The standard InChI is InChI=1S/C16H24N4O/c1-6-14-19-15(17-7-2)9-16(20-14)18-11(4)13-8-10(3)21-12(13)5/h8-9,11H,6-7H2,1-5H3,(H2,17,18,19,20). The number of anilines is 2. The Kier molecular flexibility index (Phi) is 4.83. The van der Waals surface area contributed by atoms with E-state index in [1.54, 1.807) is 0 Å². The Labute approximate surface area is 126 Å². The van der Waals surface area contributed by atoms with Gasteiger partial charge in [-0.05, 0) is 33.8 Å². The second kappa shape index (κ2) is 6.61. The minimum Gasteiger partial charge on any atom is -0.466 e. The monoisotopic (exact) mass is 288 g/mol. The maximum Gasteiger partial charge on any atom is 0.132 e. The van der Waals surface area contributed by atoms with Crippen LogP contribution in [0.15, 0.2) is 16.5 Å². The van der Waals surface area contributed by atoms with Crippen molar-refractivity contribution in [3.05, 3.63) is 35.0 Å². The number of nitrogens with zero attached hydrogens (tertiary/aromatic N) is 2. The Morgan fingerprint density at radius 1 is 1.14 bits per heavy atom. The van der Waals surface area contributed by atoms with Crippen molar-refractivity contribution in [3.8, 4) is 0 Å². The molecule has 0 aliphatic rings. The number of hydrogen-bond donors (Lipinski definition) is 2. The van der Waals surface area contributed by atoms with Crippen molar-refractivity contribution in [2.75, 3.05) is 17.2 Å². The van der Waals surface area contributed by atoms with Crippen LogP contribution in [-0.4, -0.2) is 16.5 Å². The molecule has 5 heteroatoms. The first kappa shape index (κ1) is 15.4. The first-order valence-corrected chi connectivity index (χ1v) is 7.48. The summed E-state index contributed by atoms with van der Waals surface area (Å²) in [6, 6.07) is 4.15. The van der Waals surface area contributed by atoms with Gasteiger partial charge in [-0.15, -0.1) is 0 Å². The Morgan fingerprint density at radius 3 is 2.43 bits per heavy atom. The van der Waals surface area contributed by atoms with Gasteiger partial charge in [0.25, 0.3) is 0 Å². The summed E-state index contributed by atoms with van der Waals surface area (Å²) in [7, 11) is 0. The van der Waals surface area contributed by atoms with E-state index in [0.717, 1.165) is 47.5 Å². The van der Waals surface area contributed by atoms with Crippen LogP contribution in [0.1, 0.15) is 49.7 Å². The highest BCUT2D eigenvalue weighted by Gasteiger charge is 2.14. The quantitative estimate of drug-likeness (QED) is 0.845. The van der Waals surface area contributed by atoms with E-state index in [9.17, 15) is 0 Å². The lowest BCUT2D eigenvalue weighted by Gasteiger charge is -2.15. The zero-order valence-corrected chi connectivity index (χ0v) is 13.4. The number of aromatic nitrogens is 2. The van der Waals surface area contributed by atoms with Crippen LogP contribution >= 0.6 is 0 Å². The minimum absolute atomic E-state index is 0.136. The molecule has 1 unspecified atom stereocenters. The summed E-state index contributed by atoms with van der Waals surface area (Å²) < 4.78 is 5.60. The molecule has 2 rings (SSSR count). The third kappa shape index (κ3) is 3.74. The van der Waals surface area contributed by atoms with Crippen LogP contribution in [0.5, 0.6) is 0 Å². The van der Waals surface area contributed by atoms with Crippen LogP contribution in [-0.2, 0) is 6.42 Å². The molecular weight excluding hydrogens is 264 g/mol. The van der Waals surface area contributed by atoms with Crippen LogP contribution in [0.2, 0.25) is 0 Å². The highest BCUT2D eigenvalue weighted by atomic mass is 16.3. The molecule has 0 amide bonds. The normalized spacial score (nSPS) is 12.2. The fourth-order valence-electron chi connectivity index (χ4n) is 2.38. The van der Waals surface area contributed by atoms with Crippen LogP contribution in [0.4, 0.5) is 11.6 Å². The summed E-state index contributed by atoms with van der Waals surface area (Å²) in [5.41, 5.74) is 1.16. The second-order valence-corrected chi connectivity index (χ2v) is 5.17. The zero-order valence-electron chi connectivity index (χ0n) is 13.4. The first-order valence-electron chi connectivity index (χ1n) is 7.48. The molecule has 2 aromatic heterocycles. The van der Waals surface area contributed by atoms with Crippen LogP contribution in [0, 0.1) is 13.8 Å². The topological polar surface area (TPSA) is 63.0 Å². The van der Waals surface area contributed by atoms with Crippen molar-refractivity contribution in [1.82, 2.24) is 9.97 Å². The van der Waals surface area contributed by atoms with E-state index in [1.165, 1.54) is 0 Å². The van der Waals surface area contributed by atoms with E-state index >= 15 is 0 Å². The van der Waals surface area contributed by atoms with Gasteiger partial charge in [0.05, 0.1) is 6.04 Å². The maximum atomic E-state index is 5.60. The van der Waals surface area contributed by atoms with Gasteiger partial charge < -0.3 is 15.1 Å².